The van der Waals surface area contributed by atoms with Gasteiger partial charge in [0.25, 0.3) is 0 Å². The Bertz CT molecular complexity index is 619. The van der Waals surface area contributed by atoms with E-state index in [4.69, 9.17) is 40.6 Å². The molecule has 0 heterocycles. The summed E-state index contributed by atoms with van der Waals surface area (Å²) in [6.45, 7) is 0. The van der Waals surface area contributed by atoms with E-state index in [0.29, 0.717) is 21.5 Å². The average Bonchev–Trinajstić information content (AvgIpc) is 2.43. The van der Waals surface area contributed by atoms with E-state index in [9.17, 15) is 0 Å². The maximum absolute atomic E-state index is 6.21. The first-order valence-electron chi connectivity index (χ1n) is 5.87. The first-order chi connectivity index (χ1) is 9.52. The lowest BCUT2D eigenvalue weighted by atomic mass is 9.99. The highest BCUT2D eigenvalue weighted by molar-refractivity contribution is 9.10. The van der Waals surface area contributed by atoms with Gasteiger partial charge in [-0.15, -0.1) is 0 Å². The first-order valence-corrected chi connectivity index (χ1v) is 7.79. The van der Waals surface area contributed by atoms with Crippen molar-refractivity contribution in [1.29, 1.82) is 0 Å². The molecule has 0 saturated carbocycles. The highest BCUT2D eigenvalue weighted by atomic mass is 79.9. The summed E-state index contributed by atoms with van der Waals surface area (Å²) in [6.07, 6.45) is 0.606. The molecule has 0 spiro atoms. The number of nitrogens with two attached hydrogens (primary N) is 1. The normalized spacial score (nSPS) is 12.4. The molecule has 6 heteroatoms. The molecule has 20 heavy (non-hydrogen) atoms. The van der Waals surface area contributed by atoms with Gasteiger partial charge >= 0.3 is 0 Å². The van der Waals surface area contributed by atoms with Gasteiger partial charge in [0.15, 0.2) is 0 Å². The number of nitrogens with one attached hydrogen (secondary N) is 1. The van der Waals surface area contributed by atoms with E-state index < -0.39 is 0 Å². The van der Waals surface area contributed by atoms with Gasteiger partial charge < -0.3 is 0 Å². The van der Waals surface area contributed by atoms with Gasteiger partial charge in [0, 0.05) is 9.50 Å². The summed E-state index contributed by atoms with van der Waals surface area (Å²) < 4.78 is 0.933. The molecule has 2 aromatic carbocycles. The molecular weight excluding hydrogens is 382 g/mol. The van der Waals surface area contributed by atoms with Crippen molar-refractivity contribution in [2.24, 2.45) is 5.84 Å². The van der Waals surface area contributed by atoms with Crippen LogP contribution in [0, 0.1) is 0 Å². The Labute approximate surface area is 141 Å². The van der Waals surface area contributed by atoms with Crippen LogP contribution in [-0.2, 0) is 6.42 Å². The zero-order chi connectivity index (χ0) is 14.7. The third kappa shape index (κ3) is 3.67. The predicted molar refractivity (Wildman–Crippen MR) is 89.4 cm³/mol. The average molecular weight is 395 g/mol. The minimum atomic E-state index is -0.126. The van der Waals surface area contributed by atoms with Crippen LogP contribution in [0.25, 0.3) is 0 Å². The summed E-state index contributed by atoms with van der Waals surface area (Å²) in [5, 5.41) is 1.73. The predicted octanol–water partition coefficient (Wildman–Crippen LogP) is 5.16. The van der Waals surface area contributed by atoms with Gasteiger partial charge in [-0.1, -0.05) is 62.9 Å². The van der Waals surface area contributed by atoms with Crippen molar-refractivity contribution < 1.29 is 0 Å². The molecule has 3 N–H and O–H groups in total. The summed E-state index contributed by atoms with van der Waals surface area (Å²) in [7, 11) is 0. The highest BCUT2D eigenvalue weighted by Gasteiger charge is 2.16. The fourth-order valence-corrected chi connectivity index (χ4v) is 3.07. The van der Waals surface area contributed by atoms with E-state index in [0.717, 1.165) is 15.6 Å². The van der Waals surface area contributed by atoms with Crippen LogP contribution in [0.2, 0.25) is 15.1 Å². The Morgan fingerprint density at radius 3 is 2.60 bits per heavy atom. The van der Waals surface area contributed by atoms with Gasteiger partial charge in [-0.3, -0.25) is 11.3 Å². The number of rotatable bonds is 4. The molecule has 106 valence electrons. The molecule has 0 aliphatic carbocycles. The molecule has 0 aliphatic heterocycles. The Hall–Kier alpha value is -0.290. The Morgan fingerprint density at radius 1 is 1.15 bits per heavy atom. The minimum Gasteiger partial charge on any atom is -0.271 e. The second-order valence-electron chi connectivity index (χ2n) is 4.30. The number of benzene rings is 2. The van der Waals surface area contributed by atoms with E-state index in [1.807, 2.05) is 30.3 Å². The molecule has 0 amide bonds. The molecule has 2 nitrogen and oxygen atoms in total. The van der Waals surface area contributed by atoms with Gasteiger partial charge in [0.05, 0.1) is 16.1 Å². The van der Waals surface area contributed by atoms with Crippen LogP contribution in [0.15, 0.2) is 40.9 Å². The molecule has 0 aliphatic rings. The van der Waals surface area contributed by atoms with Gasteiger partial charge in [0.1, 0.15) is 0 Å². The van der Waals surface area contributed by atoms with E-state index in [-0.39, 0.29) is 6.04 Å². The smallest absolute Gasteiger partial charge is 0.0624 e. The number of hydrogen-bond acceptors (Lipinski definition) is 2. The highest BCUT2D eigenvalue weighted by Crippen LogP contribution is 2.32. The van der Waals surface area contributed by atoms with E-state index in [1.165, 1.54) is 0 Å². The fraction of sp³-hybridized carbons (Fsp3) is 0.143. The molecule has 0 saturated heterocycles. The molecule has 2 rings (SSSR count). The molecule has 0 radical (unpaired) electrons. The van der Waals surface area contributed by atoms with Crippen molar-refractivity contribution >= 4 is 50.7 Å². The van der Waals surface area contributed by atoms with E-state index in [2.05, 4.69) is 21.4 Å². The summed E-state index contributed by atoms with van der Waals surface area (Å²) in [4.78, 5) is 0. The van der Waals surface area contributed by atoms with Crippen molar-refractivity contribution in [3.05, 3.63) is 67.1 Å². The van der Waals surface area contributed by atoms with Crippen LogP contribution >= 0.6 is 50.7 Å². The third-order valence-corrected chi connectivity index (χ3v) is 4.81. The van der Waals surface area contributed by atoms with Crippen LogP contribution in [0.4, 0.5) is 0 Å². The lowest BCUT2D eigenvalue weighted by Crippen LogP contribution is -2.30. The SMILES string of the molecule is NNC(Cc1cccc(Cl)c1Cl)c1cc(Cl)ccc1Br. The van der Waals surface area contributed by atoms with Crippen molar-refractivity contribution in [1.82, 2.24) is 5.43 Å². The molecule has 0 bridgehead atoms. The molecule has 2 aromatic rings. The molecule has 0 aromatic heterocycles. The largest absolute Gasteiger partial charge is 0.271 e. The zero-order valence-electron chi connectivity index (χ0n) is 10.3. The lowest BCUT2D eigenvalue weighted by Gasteiger charge is -2.19. The monoisotopic (exact) mass is 392 g/mol. The number of halogens is 4. The van der Waals surface area contributed by atoms with E-state index >= 15 is 0 Å². The lowest BCUT2D eigenvalue weighted by molar-refractivity contribution is 0.550. The van der Waals surface area contributed by atoms with Gasteiger partial charge in [-0.05, 0) is 41.8 Å². The van der Waals surface area contributed by atoms with Gasteiger partial charge in [0.2, 0.25) is 0 Å². The van der Waals surface area contributed by atoms with Gasteiger partial charge in [-0.25, -0.2) is 0 Å². The summed E-state index contributed by atoms with van der Waals surface area (Å²) >= 11 is 21.8. The Morgan fingerprint density at radius 2 is 1.90 bits per heavy atom. The van der Waals surface area contributed by atoms with E-state index in [1.54, 1.807) is 6.07 Å². The van der Waals surface area contributed by atoms with Crippen LogP contribution < -0.4 is 11.3 Å². The summed E-state index contributed by atoms with van der Waals surface area (Å²) in [5.41, 5.74) is 4.68. The molecule has 1 atom stereocenters. The first kappa shape index (κ1) is 16.1. The molecule has 0 fully saturated rings. The number of hydrogen-bond donors (Lipinski definition) is 2. The second kappa shape index (κ2) is 7.12. The zero-order valence-corrected chi connectivity index (χ0v) is 14.2. The van der Waals surface area contributed by atoms with Crippen LogP contribution in [0.3, 0.4) is 0 Å². The van der Waals surface area contributed by atoms with Crippen molar-refractivity contribution in [3.63, 3.8) is 0 Å². The molecular formula is C14H12BrCl3N2. The van der Waals surface area contributed by atoms with Crippen LogP contribution in [0.1, 0.15) is 17.2 Å². The topological polar surface area (TPSA) is 38.0 Å². The second-order valence-corrected chi connectivity index (χ2v) is 6.38. The van der Waals surface area contributed by atoms with Crippen LogP contribution in [-0.4, -0.2) is 0 Å². The summed E-state index contributed by atoms with van der Waals surface area (Å²) in [6, 6.07) is 11.0. The maximum Gasteiger partial charge on any atom is 0.0624 e. The van der Waals surface area contributed by atoms with Crippen molar-refractivity contribution in [2.45, 2.75) is 12.5 Å². The van der Waals surface area contributed by atoms with Gasteiger partial charge in [-0.2, -0.15) is 0 Å². The fourth-order valence-electron chi connectivity index (χ4n) is 1.97. The Kier molecular flexibility index (Phi) is 5.73. The summed E-state index contributed by atoms with van der Waals surface area (Å²) in [5.74, 6) is 5.67. The van der Waals surface area contributed by atoms with Crippen molar-refractivity contribution in [2.75, 3.05) is 0 Å². The Balaban J connectivity index is 2.34. The van der Waals surface area contributed by atoms with Crippen LogP contribution in [0.5, 0.6) is 0 Å². The number of hydrazine groups is 1. The quantitative estimate of drug-likeness (QED) is 0.555. The molecule has 1 unspecified atom stereocenters. The van der Waals surface area contributed by atoms with Crippen molar-refractivity contribution in [3.8, 4) is 0 Å². The minimum absolute atomic E-state index is 0.126. The third-order valence-electron chi connectivity index (χ3n) is 2.99. The standard InChI is InChI=1S/C14H12BrCl3N2/c15-11-5-4-9(16)7-10(11)13(20-19)6-8-2-1-3-12(17)14(8)18/h1-5,7,13,20H,6,19H2. The maximum atomic E-state index is 6.21.